The third kappa shape index (κ3) is 2.47. The standard InChI is InChI=1S/C16H16N2OS/c1-10-4-6-14(19-3)12(8-10)17-16-18-13-9-11(2)5-7-15(13)20-16/h4-9H,1-3H3,(H,17,18). The molecule has 3 nitrogen and oxygen atoms in total. The van der Waals surface area contributed by atoms with Crippen LogP contribution >= 0.6 is 11.3 Å². The van der Waals surface area contributed by atoms with E-state index in [1.54, 1.807) is 18.4 Å². The number of benzene rings is 2. The highest BCUT2D eigenvalue weighted by Gasteiger charge is 2.08. The van der Waals surface area contributed by atoms with Gasteiger partial charge >= 0.3 is 0 Å². The highest BCUT2D eigenvalue weighted by atomic mass is 32.1. The van der Waals surface area contributed by atoms with E-state index in [0.717, 1.165) is 22.1 Å². The molecule has 0 aliphatic carbocycles. The predicted octanol–water partition coefficient (Wildman–Crippen LogP) is 4.67. The lowest BCUT2D eigenvalue weighted by atomic mass is 10.2. The molecular formula is C16H16N2OS. The number of aromatic nitrogens is 1. The lowest BCUT2D eigenvalue weighted by molar-refractivity contribution is 0.416. The molecule has 0 spiro atoms. The zero-order valence-corrected chi connectivity index (χ0v) is 12.5. The maximum absolute atomic E-state index is 5.38. The van der Waals surface area contributed by atoms with Crippen LogP contribution in [0.2, 0.25) is 0 Å². The number of nitrogens with zero attached hydrogens (tertiary/aromatic N) is 1. The molecule has 0 aliphatic rings. The lowest BCUT2D eigenvalue weighted by Crippen LogP contribution is -1.94. The van der Waals surface area contributed by atoms with E-state index in [2.05, 4.69) is 48.4 Å². The highest BCUT2D eigenvalue weighted by molar-refractivity contribution is 7.22. The first-order chi connectivity index (χ1) is 9.65. The molecule has 0 radical (unpaired) electrons. The number of fused-ring (bicyclic) bond motifs is 1. The summed E-state index contributed by atoms with van der Waals surface area (Å²) in [5.74, 6) is 0.825. The van der Waals surface area contributed by atoms with Gasteiger partial charge in [0.05, 0.1) is 23.0 Å². The van der Waals surface area contributed by atoms with Crippen molar-refractivity contribution in [2.75, 3.05) is 12.4 Å². The maximum atomic E-state index is 5.38. The Morgan fingerprint density at radius 2 is 1.80 bits per heavy atom. The molecule has 1 N–H and O–H groups in total. The number of anilines is 2. The Kier molecular flexibility index (Phi) is 3.32. The van der Waals surface area contributed by atoms with Crippen molar-refractivity contribution in [3.8, 4) is 5.75 Å². The smallest absolute Gasteiger partial charge is 0.188 e. The van der Waals surface area contributed by atoms with Gasteiger partial charge in [-0.25, -0.2) is 4.98 Å². The first-order valence-electron chi connectivity index (χ1n) is 6.44. The van der Waals surface area contributed by atoms with E-state index in [-0.39, 0.29) is 0 Å². The minimum Gasteiger partial charge on any atom is -0.495 e. The van der Waals surface area contributed by atoms with E-state index in [0.29, 0.717) is 0 Å². The molecule has 0 fully saturated rings. The fraction of sp³-hybridized carbons (Fsp3) is 0.188. The fourth-order valence-corrected chi connectivity index (χ4v) is 2.98. The molecular weight excluding hydrogens is 268 g/mol. The van der Waals surface area contributed by atoms with E-state index < -0.39 is 0 Å². The van der Waals surface area contributed by atoms with Crippen LogP contribution in [0.1, 0.15) is 11.1 Å². The Bertz CT molecular complexity index is 764. The van der Waals surface area contributed by atoms with Crippen LogP contribution in [0, 0.1) is 13.8 Å². The third-order valence-electron chi connectivity index (χ3n) is 3.14. The van der Waals surface area contributed by atoms with Gasteiger partial charge in [0.1, 0.15) is 5.75 Å². The molecule has 3 rings (SSSR count). The van der Waals surface area contributed by atoms with Crippen LogP contribution in [-0.4, -0.2) is 12.1 Å². The van der Waals surface area contributed by atoms with Crippen molar-refractivity contribution < 1.29 is 4.74 Å². The average molecular weight is 284 g/mol. The molecule has 102 valence electrons. The fourth-order valence-electron chi connectivity index (χ4n) is 2.13. The number of rotatable bonds is 3. The molecule has 1 heterocycles. The largest absolute Gasteiger partial charge is 0.495 e. The average Bonchev–Trinajstić information content (AvgIpc) is 2.80. The van der Waals surface area contributed by atoms with Crippen molar-refractivity contribution in [1.29, 1.82) is 0 Å². The molecule has 0 saturated carbocycles. The molecule has 0 bridgehead atoms. The summed E-state index contributed by atoms with van der Waals surface area (Å²) in [4.78, 5) is 4.63. The molecule has 2 aromatic carbocycles. The monoisotopic (exact) mass is 284 g/mol. The molecule has 0 amide bonds. The van der Waals surface area contributed by atoms with Gasteiger partial charge in [-0.2, -0.15) is 0 Å². The van der Waals surface area contributed by atoms with Gasteiger partial charge in [-0.3, -0.25) is 0 Å². The van der Waals surface area contributed by atoms with Gasteiger partial charge in [0.2, 0.25) is 0 Å². The van der Waals surface area contributed by atoms with Crippen molar-refractivity contribution in [2.24, 2.45) is 0 Å². The molecule has 0 aliphatic heterocycles. The van der Waals surface area contributed by atoms with Crippen molar-refractivity contribution >= 4 is 32.4 Å². The molecule has 1 aromatic heterocycles. The van der Waals surface area contributed by atoms with Gasteiger partial charge < -0.3 is 10.1 Å². The molecule has 4 heteroatoms. The second-order valence-corrected chi connectivity index (χ2v) is 5.85. The van der Waals surface area contributed by atoms with E-state index in [4.69, 9.17) is 4.74 Å². The summed E-state index contributed by atoms with van der Waals surface area (Å²) >= 11 is 1.65. The zero-order chi connectivity index (χ0) is 14.1. The van der Waals surface area contributed by atoms with Crippen molar-refractivity contribution in [2.45, 2.75) is 13.8 Å². The van der Waals surface area contributed by atoms with Crippen LogP contribution in [0.15, 0.2) is 36.4 Å². The number of aryl methyl sites for hydroxylation is 2. The summed E-state index contributed by atoms with van der Waals surface area (Å²) in [6.07, 6.45) is 0. The first-order valence-corrected chi connectivity index (χ1v) is 7.26. The summed E-state index contributed by atoms with van der Waals surface area (Å²) in [6, 6.07) is 12.4. The second-order valence-electron chi connectivity index (χ2n) is 4.82. The Labute approximate surface area is 122 Å². The van der Waals surface area contributed by atoms with Crippen LogP contribution in [0.3, 0.4) is 0 Å². The number of nitrogens with one attached hydrogen (secondary N) is 1. The van der Waals surface area contributed by atoms with E-state index in [1.807, 2.05) is 12.1 Å². The Morgan fingerprint density at radius 3 is 2.60 bits per heavy atom. The number of hydrogen-bond acceptors (Lipinski definition) is 4. The quantitative estimate of drug-likeness (QED) is 0.759. The summed E-state index contributed by atoms with van der Waals surface area (Å²) in [5.41, 5.74) is 4.39. The minimum absolute atomic E-state index is 0.825. The Balaban J connectivity index is 1.98. The molecule has 0 atom stereocenters. The maximum Gasteiger partial charge on any atom is 0.188 e. The lowest BCUT2D eigenvalue weighted by Gasteiger charge is -2.09. The summed E-state index contributed by atoms with van der Waals surface area (Å²) in [5, 5.41) is 4.24. The molecule has 0 unspecified atom stereocenters. The van der Waals surface area contributed by atoms with Crippen LogP contribution in [-0.2, 0) is 0 Å². The highest BCUT2D eigenvalue weighted by Crippen LogP contribution is 2.33. The molecule has 3 aromatic rings. The number of hydrogen-bond donors (Lipinski definition) is 1. The number of ether oxygens (including phenoxy) is 1. The summed E-state index contributed by atoms with van der Waals surface area (Å²) in [7, 11) is 1.68. The first kappa shape index (κ1) is 12.9. The van der Waals surface area contributed by atoms with E-state index >= 15 is 0 Å². The summed E-state index contributed by atoms with van der Waals surface area (Å²) < 4.78 is 6.57. The van der Waals surface area contributed by atoms with Crippen LogP contribution in [0.5, 0.6) is 5.75 Å². The van der Waals surface area contributed by atoms with Gasteiger partial charge in [-0.15, -0.1) is 0 Å². The van der Waals surface area contributed by atoms with Gasteiger partial charge in [0, 0.05) is 0 Å². The number of methoxy groups -OCH3 is 1. The van der Waals surface area contributed by atoms with Crippen molar-refractivity contribution in [3.05, 3.63) is 47.5 Å². The Hall–Kier alpha value is -2.07. The van der Waals surface area contributed by atoms with Gasteiger partial charge in [-0.1, -0.05) is 23.5 Å². The Morgan fingerprint density at radius 1 is 1.05 bits per heavy atom. The van der Waals surface area contributed by atoms with Crippen LogP contribution < -0.4 is 10.1 Å². The van der Waals surface area contributed by atoms with Gasteiger partial charge in [-0.05, 0) is 49.2 Å². The normalized spacial score (nSPS) is 10.8. The van der Waals surface area contributed by atoms with Crippen LogP contribution in [0.25, 0.3) is 10.2 Å². The predicted molar refractivity (Wildman–Crippen MR) is 85.4 cm³/mol. The van der Waals surface area contributed by atoms with Crippen molar-refractivity contribution in [1.82, 2.24) is 4.98 Å². The number of thiazole rings is 1. The zero-order valence-electron chi connectivity index (χ0n) is 11.7. The van der Waals surface area contributed by atoms with E-state index in [1.165, 1.54) is 15.8 Å². The van der Waals surface area contributed by atoms with Gasteiger partial charge in [0.25, 0.3) is 0 Å². The third-order valence-corrected chi connectivity index (χ3v) is 4.09. The molecule has 20 heavy (non-hydrogen) atoms. The second kappa shape index (κ2) is 5.13. The topological polar surface area (TPSA) is 34.1 Å². The summed E-state index contributed by atoms with van der Waals surface area (Å²) in [6.45, 7) is 4.14. The van der Waals surface area contributed by atoms with Gasteiger partial charge in [0.15, 0.2) is 5.13 Å². The van der Waals surface area contributed by atoms with Crippen molar-refractivity contribution in [3.63, 3.8) is 0 Å². The molecule has 0 saturated heterocycles. The minimum atomic E-state index is 0.825. The van der Waals surface area contributed by atoms with E-state index in [9.17, 15) is 0 Å². The van der Waals surface area contributed by atoms with Crippen LogP contribution in [0.4, 0.5) is 10.8 Å². The SMILES string of the molecule is COc1ccc(C)cc1Nc1nc2cc(C)ccc2s1.